The summed E-state index contributed by atoms with van der Waals surface area (Å²) >= 11 is 1.99. The summed E-state index contributed by atoms with van der Waals surface area (Å²) in [7, 11) is 3.28. The Morgan fingerprint density at radius 2 is 1.85 bits per heavy atom. The first kappa shape index (κ1) is 17.0. The Labute approximate surface area is 157 Å². The topological polar surface area (TPSA) is 47.5 Å². The lowest BCUT2D eigenvalue weighted by Crippen LogP contribution is -2.35. The molecule has 1 saturated heterocycles. The maximum atomic E-state index is 5.59. The van der Waals surface area contributed by atoms with Crippen LogP contribution >= 0.6 is 11.8 Å². The van der Waals surface area contributed by atoms with E-state index in [0.717, 1.165) is 41.3 Å². The number of fused-ring (bicyclic) bond motifs is 1. The van der Waals surface area contributed by atoms with Crippen LogP contribution in [0.3, 0.4) is 0 Å². The van der Waals surface area contributed by atoms with Crippen molar-refractivity contribution in [3.05, 3.63) is 54.1 Å². The summed E-state index contributed by atoms with van der Waals surface area (Å²) in [5.41, 5.74) is 2.18. The van der Waals surface area contributed by atoms with Crippen molar-refractivity contribution in [2.75, 3.05) is 38.0 Å². The highest BCUT2D eigenvalue weighted by Crippen LogP contribution is 2.39. The molecule has 1 fully saturated rings. The highest BCUT2D eigenvalue weighted by molar-refractivity contribution is 7.99. The van der Waals surface area contributed by atoms with E-state index in [2.05, 4.69) is 45.2 Å². The van der Waals surface area contributed by atoms with E-state index in [1.165, 1.54) is 5.56 Å². The van der Waals surface area contributed by atoms with Crippen LogP contribution in [0, 0.1) is 0 Å². The molecule has 26 heavy (non-hydrogen) atoms. The van der Waals surface area contributed by atoms with Gasteiger partial charge in [0.25, 0.3) is 0 Å². The molecule has 4 rings (SSSR count). The van der Waals surface area contributed by atoms with E-state index in [0.29, 0.717) is 11.3 Å². The molecule has 2 heterocycles. The Morgan fingerprint density at radius 3 is 2.62 bits per heavy atom. The fraction of sp³-hybridized carbons (Fsp3) is 0.300. The van der Waals surface area contributed by atoms with Crippen molar-refractivity contribution in [1.82, 2.24) is 9.97 Å². The number of hydrogen-bond donors (Lipinski definition) is 0. The van der Waals surface area contributed by atoms with Crippen LogP contribution in [0.1, 0.15) is 10.8 Å². The monoisotopic (exact) mass is 367 g/mol. The van der Waals surface area contributed by atoms with Crippen LogP contribution in [0.15, 0.2) is 48.5 Å². The second-order valence-electron chi connectivity index (χ2n) is 6.10. The molecular weight excluding hydrogens is 346 g/mol. The molecule has 0 spiro atoms. The third-order valence-corrected chi connectivity index (χ3v) is 5.83. The Balaban J connectivity index is 1.77. The van der Waals surface area contributed by atoms with Gasteiger partial charge >= 0.3 is 6.01 Å². The molecule has 3 aromatic rings. The summed E-state index contributed by atoms with van der Waals surface area (Å²) < 4.78 is 10.9. The van der Waals surface area contributed by atoms with Gasteiger partial charge in [-0.2, -0.15) is 21.7 Å². The van der Waals surface area contributed by atoms with Crippen molar-refractivity contribution in [2.24, 2.45) is 0 Å². The van der Waals surface area contributed by atoms with Crippen molar-refractivity contribution in [1.29, 1.82) is 0 Å². The van der Waals surface area contributed by atoms with E-state index in [-0.39, 0.29) is 0 Å². The molecule has 1 unspecified atom stereocenters. The van der Waals surface area contributed by atoms with Gasteiger partial charge in [-0.25, -0.2) is 0 Å². The van der Waals surface area contributed by atoms with Crippen LogP contribution in [-0.2, 0) is 0 Å². The molecule has 1 aromatic heterocycles. The average molecular weight is 367 g/mol. The Kier molecular flexibility index (Phi) is 4.84. The van der Waals surface area contributed by atoms with Crippen LogP contribution < -0.4 is 14.4 Å². The Hall–Kier alpha value is -2.47. The minimum absolute atomic E-state index is 0.384. The number of anilines is 1. The lowest BCUT2D eigenvalue weighted by atomic mass is 10.1. The molecule has 0 aliphatic carbocycles. The average Bonchev–Trinajstić information content (AvgIpc) is 2.73. The molecule has 134 valence electrons. The number of aromatic nitrogens is 2. The predicted molar refractivity (Wildman–Crippen MR) is 106 cm³/mol. The summed E-state index contributed by atoms with van der Waals surface area (Å²) in [6.07, 6.45) is 0. The molecule has 1 aliphatic heterocycles. The van der Waals surface area contributed by atoms with E-state index in [1.807, 2.05) is 30.0 Å². The van der Waals surface area contributed by atoms with E-state index in [9.17, 15) is 0 Å². The first-order valence-electron chi connectivity index (χ1n) is 8.60. The number of methoxy groups -OCH3 is 2. The standard InChI is InChI=1S/C20H21N3O2S/c1-24-16-10-6-9-15-18(16)19(22-20(21-15)25-2)23-11-12-26-17(13-23)14-7-4-3-5-8-14/h3-10,17H,11-13H2,1-2H3. The van der Waals surface area contributed by atoms with Gasteiger partial charge in [0.15, 0.2) is 0 Å². The Morgan fingerprint density at radius 1 is 1.00 bits per heavy atom. The number of ether oxygens (including phenoxy) is 2. The maximum Gasteiger partial charge on any atom is 0.318 e. The molecule has 0 bridgehead atoms. The summed E-state index contributed by atoms with van der Waals surface area (Å²) in [6, 6.07) is 16.9. The van der Waals surface area contributed by atoms with E-state index in [4.69, 9.17) is 9.47 Å². The fourth-order valence-corrected chi connectivity index (χ4v) is 4.56. The normalized spacial score (nSPS) is 17.3. The molecule has 5 nitrogen and oxygen atoms in total. The van der Waals surface area contributed by atoms with E-state index < -0.39 is 0 Å². The van der Waals surface area contributed by atoms with E-state index >= 15 is 0 Å². The van der Waals surface area contributed by atoms with Gasteiger partial charge in [-0.15, -0.1) is 0 Å². The predicted octanol–water partition coefficient (Wildman–Crippen LogP) is 3.94. The number of nitrogens with zero attached hydrogens (tertiary/aromatic N) is 3. The van der Waals surface area contributed by atoms with Crippen LogP contribution in [0.4, 0.5) is 5.82 Å². The first-order chi connectivity index (χ1) is 12.8. The van der Waals surface area contributed by atoms with Crippen molar-refractivity contribution < 1.29 is 9.47 Å². The lowest BCUT2D eigenvalue weighted by molar-refractivity contribution is 0.381. The van der Waals surface area contributed by atoms with Crippen LogP contribution in [0.2, 0.25) is 0 Å². The Bertz CT molecular complexity index is 904. The largest absolute Gasteiger partial charge is 0.496 e. The quantitative estimate of drug-likeness (QED) is 0.696. The van der Waals surface area contributed by atoms with Gasteiger partial charge in [-0.05, 0) is 17.7 Å². The van der Waals surface area contributed by atoms with Gasteiger partial charge < -0.3 is 14.4 Å². The molecule has 1 aliphatic rings. The molecule has 2 aromatic carbocycles. The smallest absolute Gasteiger partial charge is 0.318 e. The fourth-order valence-electron chi connectivity index (χ4n) is 3.31. The molecule has 1 atom stereocenters. The molecule has 6 heteroatoms. The number of rotatable bonds is 4. The molecule has 0 saturated carbocycles. The minimum atomic E-state index is 0.384. The number of hydrogen-bond acceptors (Lipinski definition) is 6. The van der Waals surface area contributed by atoms with Gasteiger partial charge in [0.2, 0.25) is 0 Å². The number of benzene rings is 2. The highest BCUT2D eigenvalue weighted by Gasteiger charge is 2.26. The zero-order chi connectivity index (χ0) is 17.9. The highest BCUT2D eigenvalue weighted by atomic mass is 32.2. The first-order valence-corrected chi connectivity index (χ1v) is 9.65. The van der Waals surface area contributed by atoms with Crippen molar-refractivity contribution >= 4 is 28.5 Å². The van der Waals surface area contributed by atoms with Gasteiger partial charge in [0, 0.05) is 24.1 Å². The second-order valence-corrected chi connectivity index (χ2v) is 7.42. The van der Waals surface area contributed by atoms with Gasteiger partial charge in [-0.1, -0.05) is 36.4 Å². The van der Waals surface area contributed by atoms with Crippen LogP contribution in [0.5, 0.6) is 11.8 Å². The third-order valence-electron chi connectivity index (χ3n) is 4.59. The van der Waals surface area contributed by atoms with Crippen molar-refractivity contribution in [3.8, 4) is 11.8 Å². The van der Waals surface area contributed by atoms with E-state index in [1.54, 1.807) is 14.2 Å². The summed E-state index contributed by atoms with van der Waals surface area (Å²) in [4.78, 5) is 11.5. The zero-order valence-electron chi connectivity index (χ0n) is 14.9. The SMILES string of the molecule is COc1nc(N2CCSC(c3ccccc3)C2)c2c(OC)cccc2n1. The van der Waals surface area contributed by atoms with Crippen molar-refractivity contribution in [3.63, 3.8) is 0 Å². The number of thioether (sulfide) groups is 1. The minimum Gasteiger partial charge on any atom is -0.496 e. The molecular formula is C20H21N3O2S. The summed E-state index contributed by atoms with van der Waals surface area (Å²) in [5, 5.41) is 1.35. The van der Waals surface area contributed by atoms with Gasteiger partial charge in [0.05, 0.1) is 25.1 Å². The lowest BCUT2D eigenvalue weighted by Gasteiger charge is -2.34. The zero-order valence-corrected chi connectivity index (χ0v) is 15.7. The van der Waals surface area contributed by atoms with Gasteiger partial charge in [0.1, 0.15) is 11.6 Å². The molecule has 0 radical (unpaired) electrons. The molecule has 0 amide bonds. The maximum absolute atomic E-state index is 5.59. The molecule has 0 N–H and O–H groups in total. The van der Waals surface area contributed by atoms with Crippen molar-refractivity contribution in [2.45, 2.75) is 5.25 Å². The summed E-state index contributed by atoms with van der Waals surface area (Å²) in [5.74, 6) is 2.71. The third kappa shape index (κ3) is 3.17. The van der Waals surface area contributed by atoms with Crippen LogP contribution in [-0.4, -0.2) is 43.0 Å². The van der Waals surface area contributed by atoms with Gasteiger partial charge in [-0.3, -0.25) is 0 Å². The second kappa shape index (κ2) is 7.41. The summed E-state index contributed by atoms with van der Waals surface area (Å²) in [6.45, 7) is 1.82. The van der Waals surface area contributed by atoms with Crippen LogP contribution in [0.25, 0.3) is 10.9 Å².